The predicted molar refractivity (Wildman–Crippen MR) is 23.5 cm³/mol. The number of carbonyl (C=O) groups is 1. The van der Waals surface area contributed by atoms with Crippen LogP contribution in [0.4, 0.5) is 0 Å². The first-order valence-electron chi connectivity index (χ1n) is 1.84. The molecule has 0 spiro atoms. The van der Waals surface area contributed by atoms with Crippen LogP contribution in [0, 0.1) is 0 Å². The molecule has 0 aromatic carbocycles. The van der Waals surface area contributed by atoms with Gasteiger partial charge in [-0.15, -0.1) is 0 Å². The van der Waals surface area contributed by atoms with Crippen molar-refractivity contribution < 1.29 is 13.7 Å². The summed E-state index contributed by atoms with van der Waals surface area (Å²) in [5.41, 5.74) is 0. The number of carboxylic acid groups (broad SMARTS) is 1. The second-order valence-corrected chi connectivity index (χ2v) is 2.69. The fourth-order valence-corrected chi connectivity index (χ4v) is 0.821. The number of hydrogen-bond donors (Lipinski definition) is 1. The van der Waals surface area contributed by atoms with Crippen molar-refractivity contribution in [2.24, 2.45) is 0 Å². The average Bonchev–Trinajstić information content (AvgIpc) is 1.61. The Morgan fingerprint density at radius 2 is 2.29 bits per heavy atom. The monoisotopic (exact) mass is 163 g/mol. The van der Waals surface area contributed by atoms with Crippen LogP contribution in [0.5, 0.6) is 0 Å². The molecule has 0 amide bonds. The van der Waals surface area contributed by atoms with E-state index in [4.69, 9.17) is 5.11 Å². The van der Waals surface area contributed by atoms with Crippen molar-refractivity contribution in [3.8, 4) is 0 Å². The first-order valence-corrected chi connectivity index (χ1v) is 4.18. The van der Waals surface area contributed by atoms with Crippen LogP contribution in [0.2, 0.25) is 5.25 Å². The van der Waals surface area contributed by atoms with Gasteiger partial charge in [0, 0.05) is 0 Å². The summed E-state index contributed by atoms with van der Waals surface area (Å²) in [7, 11) is 0. The van der Waals surface area contributed by atoms with Crippen molar-refractivity contribution in [1.29, 1.82) is 0 Å². The van der Waals surface area contributed by atoms with E-state index >= 15 is 0 Å². The third-order valence-electron chi connectivity index (χ3n) is 0.441. The molecular formula is C3H5GeO3. The molecule has 0 unspecified atom stereocenters. The molecule has 0 heterocycles. The third-order valence-corrected chi connectivity index (χ3v) is 1.39. The zero-order chi connectivity index (χ0) is 5.70. The Hall–Kier alpha value is -0.187. The summed E-state index contributed by atoms with van der Waals surface area (Å²) in [5.74, 6) is -0.861. The quantitative estimate of drug-likeness (QED) is 0.590. The molecule has 0 rings (SSSR count). The summed E-state index contributed by atoms with van der Waals surface area (Å²) in [6, 6.07) is 0. The summed E-state index contributed by atoms with van der Waals surface area (Å²) in [5, 5.41) is 8.30. The van der Waals surface area contributed by atoms with Gasteiger partial charge in [0.2, 0.25) is 0 Å². The van der Waals surface area contributed by atoms with E-state index < -0.39 is 21.3 Å². The van der Waals surface area contributed by atoms with E-state index in [0.717, 1.165) is 0 Å². The van der Waals surface area contributed by atoms with Crippen LogP contribution in [0.3, 0.4) is 0 Å². The van der Waals surface area contributed by atoms with Gasteiger partial charge in [0.25, 0.3) is 0 Å². The van der Waals surface area contributed by atoms with Crippen molar-refractivity contribution in [3.63, 3.8) is 0 Å². The second kappa shape index (κ2) is 3.98. The van der Waals surface area contributed by atoms with Gasteiger partial charge in [-0.1, -0.05) is 0 Å². The maximum absolute atomic E-state index is 9.70. The number of carboxylic acids is 1. The van der Waals surface area contributed by atoms with Crippen molar-refractivity contribution in [1.82, 2.24) is 0 Å². The number of hydrogen-bond acceptors (Lipinski definition) is 2. The van der Waals surface area contributed by atoms with Gasteiger partial charge in [-0.2, -0.15) is 0 Å². The van der Waals surface area contributed by atoms with Crippen LogP contribution < -0.4 is 0 Å². The molecule has 39 valence electrons. The van der Waals surface area contributed by atoms with E-state index in [0.29, 0.717) is 5.25 Å². The summed E-state index contributed by atoms with van der Waals surface area (Å²) in [4.78, 5) is 9.64. The molecule has 0 aromatic rings. The van der Waals surface area contributed by atoms with Crippen LogP contribution in [0.25, 0.3) is 0 Å². The molecular weight excluding hydrogens is 157 g/mol. The molecule has 0 saturated heterocycles. The molecule has 0 aromatic heterocycles. The van der Waals surface area contributed by atoms with Crippen LogP contribution in [0.15, 0.2) is 0 Å². The van der Waals surface area contributed by atoms with Gasteiger partial charge >= 0.3 is 46.7 Å². The zero-order valence-corrected chi connectivity index (χ0v) is 5.78. The first kappa shape index (κ1) is 6.81. The Bertz CT molecular complexity index is 80.2. The molecule has 0 atom stereocenters. The van der Waals surface area contributed by atoms with E-state index in [1.165, 1.54) is 0 Å². The fourth-order valence-electron chi connectivity index (χ4n) is 0.158. The molecule has 0 aliphatic rings. The molecule has 0 fully saturated rings. The molecule has 0 aliphatic carbocycles. The standard InChI is InChI=1S/C3H5GeO3/c5-3(6)1-2-4-7/h1-2H2,(H,5,6). The van der Waals surface area contributed by atoms with E-state index in [9.17, 15) is 8.57 Å². The Morgan fingerprint density at radius 3 is 2.43 bits per heavy atom. The Kier molecular flexibility index (Phi) is 3.88. The third kappa shape index (κ3) is 5.81. The van der Waals surface area contributed by atoms with E-state index in [-0.39, 0.29) is 6.42 Å². The van der Waals surface area contributed by atoms with Crippen molar-refractivity contribution in [2.75, 3.05) is 0 Å². The van der Waals surface area contributed by atoms with E-state index in [1.807, 2.05) is 0 Å². The molecule has 7 heavy (non-hydrogen) atoms. The van der Waals surface area contributed by atoms with Crippen molar-refractivity contribution >= 4 is 21.3 Å². The average molecular weight is 162 g/mol. The Labute approximate surface area is 47.4 Å². The maximum atomic E-state index is 9.70. The summed E-state index contributed by atoms with van der Waals surface area (Å²) >= 11 is -1.16. The molecule has 0 bridgehead atoms. The van der Waals surface area contributed by atoms with Crippen molar-refractivity contribution in [3.05, 3.63) is 0 Å². The van der Waals surface area contributed by atoms with Gasteiger partial charge < -0.3 is 0 Å². The van der Waals surface area contributed by atoms with E-state index in [2.05, 4.69) is 0 Å². The molecule has 1 N–H and O–H groups in total. The predicted octanol–water partition coefficient (Wildman–Crippen LogP) is -0.0709. The van der Waals surface area contributed by atoms with Crippen LogP contribution in [-0.4, -0.2) is 26.4 Å². The van der Waals surface area contributed by atoms with Gasteiger partial charge in [0.1, 0.15) is 0 Å². The molecule has 0 aliphatic heterocycles. The Morgan fingerprint density at radius 1 is 1.71 bits per heavy atom. The van der Waals surface area contributed by atoms with Crippen LogP contribution in [0.1, 0.15) is 6.42 Å². The number of rotatable bonds is 3. The Balaban J connectivity index is 2.97. The topological polar surface area (TPSA) is 54.4 Å². The zero-order valence-electron chi connectivity index (χ0n) is 3.68. The first-order chi connectivity index (χ1) is 3.27. The van der Waals surface area contributed by atoms with Gasteiger partial charge in [-0.3, -0.25) is 0 Å². The van der Waals surface area contributed by atoms with Crippen molar-refractivity contribution in [2.45, 2.75) is 11.7 Å². The second-order valence-electron chi connectivity index (χ2n) is 1.04. The minimum absolute atomic E-state index is 0.0590. The summed E-state index contributed by atoms with van der Waals surface area (Å²) < 4.78 is 9.70. The minimum atomic E-state index is -1.16. The van der Waals surface area contributed by atoms with Gasteiger partial charge in [-0.05, 0) is 0 Å². The molecule has 1 radical (unpaired) electrons. The SMILES string of the molecule is [O]=[Ge][CH2]CC(=O)O. The van der Waals surface area contributed by atoms with Gasteiger partial charge in [0.05, 0.1) is 0 Å². The number of aliphatic carboxylic acids is 1. The molecule has 3 nitrogen and oxygen atoms in total. The summed E-state index contributed by atoms with van der Waals surface area (Å²) in [6.07, 6.45) is 0.0590. The van der Waals surface area contributed by atoms with E-state index in [1.54, 1.807) is 0 Å². The fraction of sp³-hybridized carbons (Fsp3) is 0.667. The van der Waals surface area contributed by atoms with Crippen LogP contribution >= 0.6 is 0 Å². The van der Waals surface area contributed by atoms with Gasteiger partial charge in [0.15, 0.2) is 0 Å². The normalized spacial score (nSPS) is 8.00. The van der Waals surface area contributed by atoms with Gasteiger partial charge in [-0.25, -0.2) is 0 Å². The molecule has 4 heteroatoms. The van der Waals surface area contributed by atoms with Crippen LogP contribution in [-0.2, 0) is 8.57 Å². The summed E-state index contributed by atoms with van der Waals surface area (Å²) in [6.45, 7) is 0. The molecule has 0 saturated carbocycles.